The molecule has 0 amide bonds. The van der Waals surface area contributed by atoms with Crippen molar-refractivity contribution in [1.82, 2.24) is 9.97 Å². The summed E-state index contributed by atoms with van der Waals surface area (Å²) in [6.45, 7) is 2.61. The van der Waals surface area contributed by atoms with Gasteiger partial charge in [-0.3, -0.25) is 0 Å². The molecule has 1 heterocycles. The van der Waals surface area contributed by atoms with Crippen molar-refractivity contribution in [3.8, 4) is 0 Å². The van der Waals surface area contributed by atoms with Gasteiger partial charge in [-0.15, -0.1) is 0 Å². The molecular formula is C10H12BrClN2O. The molecule has 1 aromatic heterocycles. The molecule has 0 spiro atoms. The number of methoxy groups -OCH3 is 1. The van der Waals surface area contributed by atoms with Gasteiger partial charge in [-0.2, -0.15) is 0 Å². The van der Waals surface area contributed by atoms with E-state index in [4.69, 9.17) is 16.3 Å². The van der Waals surface area contributed by atoms with Crippen molar-refractivity contribution in [2.45, 2.75) is 31.8 Å². The van der Waals surface area contributed by atoms with Gasteiger partial charge in [-0.05, 0) is 28.8 Å². The molecule has 0 saturated heterocycles. The Hall–Kier alpha value is -0.190. The third-order valence-electron chi connectivity index (χ3n) is 2.70. The average Bonchev–Trinajstić information content (AvgIpc) is 2.93. The second kappa shape index (κ2) is 4.00. The Bertz CT molecular complexity index is 393. The lowest BCUT2D eigenvalue weighted by molar-refractivity contribution is 0.180. The van der Waals surface area contributed by atoms with Gasteiger partial charge in [0.25, 0.3) is 0 Å². The van der Waals surface area contributed by atoms with Crippen LogP contribution in [0.5, 0.6) is 0 Å². The van der Waals surface area contributed by atoms with Crippen LogP contribution in [0.25, 0.3) is 0 Å². The van der Waals surface area contributed by atoms with Crippen molar-refractivity contribution < 1.29 is 4.74 Å². The highest BCUT2D eigenvalue weighted by molar-refractivity contribution is 9.10. The van der Waals surface area contributed by atoms with Crippen LogP contribution in [-0.4, -0.2) is 17.1 Å². The zero-order chi connectivity index (χ0) is 11.1. The van der Waals surface area contributed by atoms with Gasteiger partial charge < -0.3 is 4.74 Å². The van der Waals surface area contributed by atoms with E-state index in [1.165, 1.54) is 0 Å². The van der Waals surface area contributed by atoms with Crippen LogP contribution < -0.4 is 0 Å². The number of hydrogen-bond acceptors (Lipinski definition) is 3. The van der Waals surface area contributed by atoms with Crippen LogP contribution in [0, 0.1) is 0 Å². The highest BCUT2D eigenvalue weighted by Crippen LogP contribution is 2.46. The van der Waals surface area contributed by atoms with E-state index in [9.17, 15) is 0 Å². The Morgan fingerprint density at radius 1 is 1.47 bits per heavy atom. The number of halogens is 2. The van der Waals surface area contributed by atoms with E-state index < -0.39 is 0 Å². The van der Waals surface area contributed by atoms with Crippen molar-refractivity contribution in [2.75, 3.05) is 7.11 Å². The molecule has 1 saturated carbocycles. The normalized spacial score (nSPS) is 17.9. The van der Waals surface area contributed by atoms with E-state index in [-0.39, 0.29) is 5.41 Å². The Kier molecular flexibility index (Phi) is 3.01. The lowest BCUT2D eigenvalue weighted by Gasteiger charge is -2.11. The lowest BCUT2D eigenvalue weighted by Crippen LogP contribution is -2.10. The summed E-state index contributed by atoms with van der Waals surface area (Å²) in [5.74, 6) is 0.836. The summed E-state index contributed by atoms with van der Waals surface area (Å²) in [5.41, 5.74) is 0.952. The molecule has 3 nitrogen and oxygen atoms in total. The Morgan fingerprint density at radius 2 is 2.13 bits per heavy atom. The van der Waals surface area contributed by atoms with Crippen LogP contribution in [0.2, 0.25) is 5.15 Å². The molecular weight excluding hydrogens is 279 g/mol. The summed E-state index contributed by atoms with van der Waals surface area (Å²) in [5, 5.41) is 0.472. The molecule has 1 fully saturated rings. The fourth-order valence-corrected chi connectivity index (χ4v) is 1.86. The van der Waals surface area contributed by atoms with Crippen LogP contribution in [0.3, 0.4) is 0 Å². The Morgan fingerprint density at radius 3 is 2.67 bits per heavy atom. The summed E-state index contributed by atoms with van der Waals surface area (Å²) in [7, 11) is 1.64. The Labute approximate surface area is 102 Å². The van der Waals surface area contributed by atoms with Crippen molar-refractivity contribution in [3.05, 3.63) is 21.1 Å². The van der Waals surface area contributed by atoms with Gasteiger partial charge >= 0.3 is 0 Å². The third kappa shape index (κ3) is 2.17. The molecule has 2 rings (SSSR count). The molecule has 1 aliphatic carbocycles. The first kappa shape index (κ1) is 11.3. The Balaban J connectivity index is 2.41. The smallest absolute Gasteiger partial charge is 0.147 e. The minimum atomic E-state index is 0.132. The van der Waals surface area contributed by atoms with E-state index in [0.717, 1.165) is 28.8 Å². The minimum absolute atomic E-state index is 0.132. The fourth-order valence-electron chi connectivity index (χ4n) is 1.38. The summed E-state index contributed by atoms with van der Waals surface area (Å²) in [4.78, 5) is 8.79. The summed E-state index contributed by atoms with van der Waals surface area (Å²) in [6, 6.07) is 0. The number of hydrogen-bond donors (Lipinski definition) is 0. The quantitative estimate of drug-likeness (QED) is 0.803. The highest BCUT2D eigenvalue weighted by atomic mass is 79.9. The van der Waals surface area contributed by atoms with Gasteiger partial charge in [0, 0.05) is 12.5 Å². The first-order chi connectivity index (χ1) is 7.07. The summed E-state index contributed by atoms with van der Waals surface area (Å²) >= 11 is 9.40. The maximum absolute atomic E-state index is 6.04. The van der Waals surface area contributed by atoms with Gasteiger partial charge in [0.15, 0.2) is 0 Å². The van der Waals surface area contributed by atoms with Crippen molar-refractivity contribution in [2.24, 2.45) is 0 Å². The SMILES string of the molecule is COCc1nc(C2(C)CC2)nc(Cl)c1Br. The molecule has 0 aromatic carbocycles. The van der Waals surface area contributed by atoms with E-state index in [0.29, 0.717) is 11.8 Å². The van der Waals surface area contributed by atoms with E-state index in [1.54, 1.807) is 7.11 Å². The minimum Gasteiger partial charge on any atom is -0.378 e. The van der Waals surface area contributed by atoms with E-state index in [1.807, 2.05) is 0 Å². The van der Waals surface area contributed by atoms with Crippen LogP contribution in [-0.2, 0) is 16.8 Å². The molecule has 0 N–H and O–H groups in total. The predicted octanol–water partition coefficient (Wildman–Crippen LogP) is 3.09. The number of ether oxygens (including phenoxy) is 1. The van der Waals surface area contributed by atoms with Crippen LogP contribution >= 0.6 is 27.5 Å². The number of rotatable bonds is 3. The molecule has 5 heteroatoms. The van der Waals surface area contributed by atoms with Crippen molar-refractivity contribution >= 4 is 27.5 Å². The zero-order valence-corrected chi connectivity index (χ0v) is 11.0. The molecule has 82 valence electrons. The standard InChI is InChI=1S/C10H12BrClN2O/c1-10(3-4-10)9-13-6(5-15-2)7(11)8(12)14-9/h3-5H2,1-2H3. The van der Waals surface area contributed by atoms with E-state index in [2.05, 4.69) is 32.8 Å². The number of aromatic nitrogens is 2. The van der Waals surface area contributed by atoms with Crippen LogP contribution in [0.1, 0.15) is 31.3 Å². The van der Waals surface area contributed by atoms with Crippen LogP contribution in [0.4, 0.5) is 0 Å². The fraction of sp³-hybridized carbons (Fsp3) is 0.600. The number of nitrogens with zero attached hydrogens (tertiary/aromatic N) is 2. The summed E-state index contributed by atoms with van der Waals surface area (Å²) in [6.07, 6.45) is 2.27. The molecule has 0 aliphatic heterocycles. The van der Waals surface area contributed by atoms with Crippen molar-refractivity contribution in [3.63, 3.8) is 0 Å². The maximum atomic E-state index is 6.04. The monoisotopic (exact) mass is 290 g/mol. The van der Waals surface area contributed by atoms with Gasteiger partial charge in [0.2, 0.25) is 0 Å². The van der Waals surface area contributed by atoms with Gasteiger partial charge in [0.05, 0.1) is 16.8 Å². The zero-order valence-electron chi connectivity index (χ0n) is 8.68. The van der Waals surface area contributed by atoms with Gasteiger partial charge in [-0.1, -0.05) is 18.5 Å². The molecule has 1 aliphatic rings. The highest BCUT2D eigenvalue weighted by Gasteiger charge is 2.42. The van der Waals surface area contributed by atoms with Crippen LogP contribution in [0.15, 0.2) is 4.47 Å². The first-order valence-corrected chi connectivity index (χ1v) is 5.95. The van der Waals surface area contributed by atoms with Gasteiger partial charge in [-0.25, -0.2) is 9.97 Å². The largest absolute Gasteiger partial charge is 0.378 e. The first-order valence-electron chi connectivity index (χ1n) is 4.78. The molecule has 1 aromatic rings. The lowest BCUT2D eigenvalue weighted by atomic mass is 10.1. The molecule has 0 bridgehead atoms. The molecule has 0 atom stereocenters. The molecule has 0 unspecified atom stereocenters. The van der Waals surface area contributed by atoms with Crippen molar-refractivity contribution in [1.29, 1.82) is 0 Å². The third-order valence-corrected chi connectivity index (χ3v) is 4.04. The maximum Gasteiger partial charge on any atom is 0.147 e. The topological polar surface area (TPSA) is 35.0 Å². The van der Waals surface area contributed by atoms with Gasteiger partial charge in [0.1, 0.15) is 11.0 Å². The second-order valence-electron chi connectivity index (χ2n) is 4.09. The summed E-state index contributed by atoms with van der Waals surface area (Å²) < 4.78 is 5.81. The second-order valence-corrected chi connectivity index (χ2v) is 5.24. The molecule has 15 heavy (non-hydrogen) atoms. The average molecular weight is 292 g/mol. The van der Waals surface area contributed by atoms with E-state index >= 15 is 0 Å². The predicted molar refractivity (Wildman–Crippen MR) is 62.0 cm³/mol. The molecule has 0 radical (unpaired) electrons.